The second kappa shape index (κ2) is 5.42. The fraction of sp³-hybridized carbons (Fsp3) is 0.545. The molecule has 1 heterocycles. The summed E-state index contributed by atoms with van der Waals surface area (Å²) in [4.78, 5) is 0. The van der Waals surface area contributed by atoms with Crippen molar-refractivity contribution < 1.29 is 5.11 Å². The van der Waals surface area contributed by atoms with Crippen molar-refractivity contribution in [3.05, 3.63) is 16.8 Å². The van der Waals surface area contributed by atoms with Crippen LogP contribution in [0.5, 0.6) is 0 Å². The zero-order valence-corrected chi connectivity index (χ0v) is 9.78. The molecular weight excluding hydrogens is 204 g/mol. The van der Waals surface area contributed by atoms with Gasteiger partial charge in [0.2, 0.25) is 0 Å². The van der Waals surface area contributed by atoms with Gasteiger partial charge in [0.25, 0.3) is 0 Å². The quantitative estimate of drug-likeness (QED) is 0.795. The molecule has 0 aliphatic rings. The van der Waals surface area contributed by atoms with Gasteiger partial charge < -0.3 is 10.4 Å². The molecule has 0 aliphatic carbocycles. The number of aliphatic hydroxyl groups is 1. The number of nitriles is 1. The highest BCUT2D eigenvalue weighted by molar-refractivity contribution is 5.55. The van der Waals surface area contributed by atoms with Gasteiger partial charge >= 0.3 is 0 Å². The van der Waals surface area contributed by atoms with Crippen LogP contribution in [0.15, 0.2) is 0 Å². The highest BCUT2D eigenvalue weighted by Gasteiger charge is 2.10. The Morgan fingerprint density at radius 3 is 2.69 bits per heavy atom. The van der Waals surface area contributed by atoms with E-state index >= 15 is 0 Å². The summed E-state index contributed by atoms with van der Waals surface area (Å²) in [6, 6.07) is 2.12. The maximum Gasteiger partial charge on any atom is 0.166 e. The predicted octanol–water partition coefficient (Wildman–Crippen LogP) is 1.15. The van der Waals surface area contributed by atoms with Gasteiger partial charge in [-0.05, 0) is 32.8 Å². The van der Waals surface area contributed by atoms with Gasteiger partial charge in [-0.25, -0.2) is 0 Å². The topological polar surface area (TPSA) is 81.8 Å². The molecule has 1 unspecified atom stereocenters. The number of aromatic nitrogens is 2. The minimum absolute atomic E-state index is 0.363. The van der Waals surface area contributed by atoms with E-state index in [9.17, 15) is 0 Å². The van der Waals surface area contributed by atoms with Crippen molar-refractivity contribution in [2.45, 2.75) is 33.3 Å². The van der Waals surface area contributed by atoms with E-state index in [0.29, 0.717) is 24.3 Å². The van der Waals surface area contributed by atoms with E-state index in [-0.39, 0.29) is 6.10 Å². The highest BCUT2D eigenvalue weighted by Crippen LogP contribution is 2.16. The summed E-state index contributed by atoms with van der Waals surface area (Å²) in [5, 5.41) is 29.0. The molecule has 5 nitrogen and oxygen atoms in total. The summed E-state index contributed by atoms with van der Waals surface area (Å²) in [6.45, 7) is 5.97. The molecule has 0 aromatic carbocycles. The first-order valence-corrected chi connectivity index (χ1v) is 5.22. The van der Waals surface area contributed by atoms with Crippen LogP contribution < -0.4 is 5.32 Å². The summed E-state index contributed by atoms with van der Waals surface area (Å²) in [5.41, 5.74) is 2.13. The number of anilines is 1. The van der Waals surface area contributed by atoms with Crippen LogP contribution in [0, 0.1) is 25.2 Å². The van der Waals surface area contributed by atoms with Crippen LogP contribution in [0.1, 0.15) is 30.2 Å². The molecule has 16 heavy (non-hydrogen) atoms. The van der Waals surface area contributed by atoms with Crippen LogP contribution in [-0.4, -0.2) is 28.0 Å². The van der Waals surface area contributed by atoms with Gasteiger partial charge in [-0.3, -0.25) is 0 Å². The number of nitrogens with one attached hydrogen (secondary N) is 1. The normalized spacial score (nSPS) is 11.9. The predicted molar refractivity (Wildman–Crippen MR) is 61.0 cm³/mol. The third-order valence-corrected chi connectivity index (χ3v) is 2.42. The van der Waals surface area contributed by atoms with E-state index in [1.54, 1.807) is 6.92 Å². The molecule has 0 fully saturated rings. The lowest BCUT2D eigenvalue weighted by Gasteiger charge is -2.10. The summed E-state index contributed by atoms with van der Waals surface area (Å²) < 4.78 is 0. The average Bonchev–Trinajstić information content (AvgIpc) is 2.23. The Kier molecular flexibility index (Phi) is 4.20. The molecule has 0 aliphatic heterocycles. The molecule has 86 valence electrons. The molecule has 1 atom stereocenters. The molecule has 0 saturated carbocycles. The number of hydrogen-bond acceptors (Lipinski definition) is 5. The van der Waals surface area contributed by atoms with Gasteiger partial charge in [0.15, 0.2) is 5.82 Å². The van der Waals surface area contributed by atoms with Gasteiger partial charge in [0.05, 0.1) is 11.8 Å². The Bertz CT molecular complexity index is 409. The van der Waals surface area contributed by atoms with Gasteiger partial charge in [-0.2, -0.15) is 10.4 Å². The lowest BCUT2D eigenvalue weighted by molar-refractivity contribution is 0.188. The lowest BCUT2D eigenvalue weighted by atomic mass is 10.1. The van der Waals surface area contributed by atoms with E-state index in [1.165, 1.54) is 0 Å². The van der Waals surface area contributed by atoms with Gasteiger partial charge in [0.1, 0.15) is 11.6 Å². The number of aliphatic hydroxyl groups excluding tert-OH is 1. The van der Waals surface area contributed by atoms with Crippen LogP contribution in [0.2, 0.25) is 0 Å². The fourth-order valence-electron chi connectivity index (χ4n) is 1.27. The zero-order valence-electron chi connectivity index (χ0n) is 9.78. The molecule has 0 radical (unpaired) electrons. The fourth-order valence-corrected chi connectivity index (χ4v) is 1.27. The maximum absolute atomic E-state index is 9.11. The molecule has 0 spiro atoms. The SMILES string of the molecule is Cc1nnc(NCCC(C)O)c(C#N)c1C. The number of hydrogen-bond donors (Lipinski definition) is 2. The number of nitrogens with zero attached hydrogens (tertiary/aromatic N) is 3. The van der Waals surface area contributed by atoms with E-state index in [1.807, 2.05) is 13.8 Å². The van der Waals surface area contributed by atoms with Crippen LogP contribution in [0.3, 0.4) is 0 Å². The van der Waals surface area contributed by atoms with Crippen molar-refractivity contribution >= 4 is 5.82 Å². The standard InChI is InChI=1S/C11H16N4O/c1-7(16)4-5-13-11-10(6-12)8(2)9(3)14-15-11/h7,16H,4-5H2,1-3H3,(H,13,15). The van der Waals surface area contributed by atoms with E-state index in [0.717, 1.165) is 11.3 Å². The first kappa shape index (κ1) is 12.4. The molecular formula is C11H16N4O. The minimum atomic E-state index is -0.363. The molecule has 0 amide bonds. The number of aryl methyl sites for hydroxylation is 1. The Morgan fingerprint density at radius 2 is 2.12 bits per heavy atom. The first-order chi connectivity index (χ1) is 7.56. The van der Waals surface area contributed by atoms with Crippen molar-refractivity contribution in [3.8, 4) is 6.07 Å². The van der Waals surface area contributed by atoms with Crippen LogP contribution >= 0.6 is 0 Å². The van der Waals surface area contributed by atoms with Gasteiger partial charge in [-0.1, -0.05) is 0 Å². The molecule has 0 saturated heterocycles. The molecule has 1 aromatic heterocycles. The van der Waals surface area contributed by atoms with Crippen LogP contribution in [0.25, 0.3) is 0 Å². The van der Waals surface area contributed by atoms with E-state index in [4.69, 9.17) is 10.4 Å². The second-order valence-corrected chi connectivity index (χ2v) is 3.81. The molecule has 2 N–H and O–H groups in total. The molecule has 5 heteroatoms. The largest absolute Gasteiger partial charge is 0.393 e. The Morgan fingerprint density at radius 1 is 1.44 bits per heavy atom. The van der Waals surface area contributed by atoms with E-state index < -0.39 is 0 Å². The Balaban J connectivity index is 2.81. The smallest absolute Gasteiger partial charge is 0.166 e. The summed E-state index contributed by atoms with van der Waals surface area (Å²) in [7, 11) is 0. The Labute approximate surface area is 95.1 Å². The summed E-state index contributed by atoms with van der Waals surface area (Å²) in [5.74, 6) is 0.492. The summed E-state index contributed by atoms with van der Waals surface area (Å²) >= 11 is 0. The highest BCUT2D eigenvalue weighted by atomic mass is 16.3. The second-order valence-electron chi connectivity index (χ2n) is 3.81. The van der Waals surface area contributed by atoms with Crippen molar-refractivity contribution in [1.29, 1.82) is 5.26 Å². The molecule has 1 aromatic rings. The van der Waals surface area contributed by atoms with Gasteiger partial charge in [0, 0.05) is 6.54 Å². The van der Waals surface area contributed by atoms with Crippen molar-refractivity contribution in [2.24, 2.45) is 0 Å². The first-order valence-electron chi connectivity index (χ1n) is 5.22. The van der Waals surface area contributed by atoms with Crippen LogP contribution in [-0.2, 0) is 0 Å². The zero-order chi connectivity index (χ0) is 12.1. The maximum atomic E-state index is 9.11. The van der Waals surface area contributed by atoms with E-state index in [2.05, 4.69) is 21.6 Å². The third-order valence-electron chi connectivity index (χ3n) is 2.42. The van der Waals surface area contributed by atoms with Crippen molar-refractivity contribution in [2.75, 3.05) is 11.9 Å². The lowest BCUT2D eigenvalue weighted by Crippen LogP contribution is -2.13. The van der Waals surface area contributed by atoms with Crippen molar-refractivity contribution in [3.63, 3.8) is 0 Å². The minimum Gasteiger partial charge on any atom is -0.393 e. The van der Waals surface area contributed by atoms with Crippen LogP contribution in [0.4, 0.5) is 5.82 Å². The average molecular weight is 220 g/mol. The molecule has 0 bridgehead atoms. The summed E-state index contributed by atoms with van der Waals surface area (Å²) in [6.07, 6.45) is 0.247. The Hall–Kier alpha value is -1.67. The number of rotatable bonds is 4. The molecule has 1 rings (SSSR count). The third kappa shape index (κ3) is 2.91. The monoisotopic (exact) mass is 220 g/mol. The van der Waals surface area contributed by atoms with Crippen molar-refractivity contribution in [1.82, 2.24) is 10.2 Å². The van der Waals surface area contributed by atoms with Gasteiger partial charge in [-0.15, -0.1) is 5.10 Å².